The van der Waals surface area contributed by atoms with Crippen LogP contribution in [0.25, 0.3) is 0 Å². The van der Waals surface area contributed by atoms with Gasteiger partial charge in [-0.25, -0.2) is 4.79 Å². The largest absolute Gasteiger partial charge is 0.448 e. The Hall–Kier alpha value is -1.85. The highest BCUT2D eigenvalue weighted by atomic mass is 35.5. The minimum atomic E-state index is -0.895. The molecule has 2 aromatic rings. The lowest BCUT2D eigenvalue weighted by molar-refractivity contribution is -0.123. The smallest absolute Gasteiger partial charge is 0.349 e. The number of hydrogen-bond acceptors (Lipinski definition) is 4. The first-order valence-corrected chi connectivity index (χ1v) is 9.12. The molecule has 1 heterocycles. The van der Waals surface area contributed by atoms with Crippen LogP contribution in [-0.4, -0.2) is 18.0 Å². The van der Waals surface area contributed by atoms with Crippen molar-refractivity contribution in [1.29, 1.82) is 0 Å². The molecule has 0 bridgehead atoms. The van der Waals surface area contributed by atoms with Gasteiger partial charge < -0.3 is 10.1 Å². The lowest BCUT2D eigenvalue weighted by Crippen LogP contribution is -2.29. The van der Waals surface area contributed by atoms with Crippen molar-refractivity contribution in [3.8, 4) is 0 Å². The lowest BCUT2D eigenvalue weighted by Gasteiger charge is -2.13. The van der Waals surface area contributed by atoms with Crippen molar-refractivity contribution < 1.29 is 14.3 Å². The van der Waals surface area contributed by atoms with E-state index >= 15 is 0 Å². The van der Waals surface area contributed by atoms with Crippen LogP contribution in [-0.2, 0) is 22.4 Å². The number of halogens is 1. The maximum Gasteiger partial charge on any atom is 0.349 e. The Balaban J connectivity index is 1.62. The average molecular weight is 364 g/mol. The predicted octanol–water partition coefficient (Wildman–Crippen LogP) is 4.46. The number of ether oxygens (including phenoxy) is 1. The number of thiophene rings is 1. The zero-order valence-corrected chi connectivity index (χ0v) is 14.9. The van der Waals surface area contributed by atoms with E-state index in [1.165, 1.54) is 28.2 Å². The number of benzene rings is 1. The molecule has 1 atom stereocenters. The van der Waals surface area contributed by atoms with Gasteiger partial charge in [-0.2, -0.15) is 0 Å². The highest BCUT2D eigenvalue weighted by molar-refractivity contribution is 7.14. The van der Waals surface area contributed by atoms with Gasteiger partial charge in [-0.05, 0) is 56.4 Å². The topological polar surface area (TPSA) is 55.4 Å². The minimum absolute atomic E-state index is 0.405. The number of carbonyl (C=O) groups excluding carboxylic acids is 2. The summed E-state index contributed by atoms with van der Waals surface area (Å²) in [6.07, 6.45) is 3.47. The van der Waals surface area contributed by atoms with Crippen LogP contribution in [0.5, 0.6) is 0 Å². The van der Waals surface area contributed by atoms with Crippen LogP contribution >= 0.6 is 22.9 Å². The number of esters is 1. The van der Waals surface area contributed by atoms with E-state index in [-0.39, 0.29) is 0 Å². The zero-order valence-electron chi connectivity index (χ0n) is 13.3. The van der Waals surface area contributed by atoms with Crippen molar-refractivity contribution in [2.24, 2.45) is 0 Å². The second-order valence-corrected chi connectivity index (χ2v) is 7.33. The molecule has 1 amide bonds. The summed E-state index contributed by atoms with van der Waals surface area (Å²) in [5.74, 6) is -0.853. The van der Waals surface area contributed by atoms with Crippen LogP contribution in [0.3, 0.4) is 0 Å². The summed E-state index contributed by atoms with van der Waals surface area (Å²) in [5.41, 5.74) is 1.74. The van der Waals surface area contributed by atoms with Gasteiger partial charge in [0.05, 0.1) is 10.7 Å². The van der Waals surface area contributed by atoms with Gasteiger partial charge in [0.1, 0.15) is 4.88 Å². The third-order valence-corrected chi connectivity index (χ3v) is 5.53. The number of hydrogen-bond donors (Lipinski definition) is 1. The molecule has 1 aromatic heterocycles. The molecule has 1 aromatic carbocycles. The van der Waals surface area contributed by atoms with Crippen molar-refractivity contribution in [2.45, 2.75) is 38.7 Å². The molecular formula is C18H18ClNO3S. The molecule has 126 valence electrons. The molecule has 0 aliphatic heterocycles. The number of anilines is 1. The van der Waals surface area contributed by atoms with Gasteiger partial charge in [-0.1, -0.05) is 23.7 Å². The van der Waals surface area contributed by atoms with Crippen LogP contribution in [0.4, 0.5) is 5.69 Å². The van der Waals surface area contributed by atoms with Gasteiger partial charge in [0.25, 0.3) is 5.91 Å². The van der Waals surface area contributed by atoms with Gasteiger partial charge in [0.15, 0.2) is 6.10 Å². The van der Waals surface area contributed by atoms with E-state index in [0.29, 0.717) is 15.6 Å². The summed E-state index contributed by atoms with van der Waals surface area (Å²) in [6.45, 7) is 1.55. The fourth-order valence-electron chi connectivity index (χ4n) is 2.66. The highest BCUT2D eigenvalue weighted by Crippen LogP contribution is 2.30. The van der Waals surface area contributed by atoms with Gasteiger partial charge in [-0.15, -0.1) is 11.3 Å². The molecule has 0 radical (unpaired) electrons. The molecule has 0 saturated heterocycles. The number of carbonyl (C=O) groups is 2. The fraction of sp³-hybridized carbons (Fsp3) is 0.333. The second kappa shape index (κ2) is 7.36. The number of rotatable bonds is 4. The third kappa shape index (κ3) is 3.79. The molecule has 3 rings (SSSR count). The summed E-state index contributed by atoms with van der Waals surface area (Å²) in [7, 11) is 0. The Labute approximate surface area is 149 Å². The van der Waals surface area contributed by atoms with Gasteiger partial charge in [0.2, 0.25) is 0 Å². The molecule has 0 fully saturated rings. The summed E-state index contributed by atoms with van der Waals surface area (Å²) >= 11 is 7.49. The van der Waals surface area contributed by atoms with Crippen molar-refractivity contribution in [3.63, 3.8) is 0 Å². The quantitative estimate of drug-likeness (QED) is 0.815. The maximum absolute atomic E-state index is 12.3. The number of para-hydroxylation sites is 1. The van der Waals surface area contributed by atoms with E-state index in [9.17, 15) is 9.59 Å². The van der Waals surface area contributed by atoms with E-state index in [4.69, 9.17) is 16.3 Å². The number of amides is 1. The summed E-state index contributed by atoms with van der Waals surface area (Å²) in [6, 6.07) is 8.83. The molecule has 1 aliphatic carbocycles. The van der Waals surface area contributed by atoms with E-state index in [2.05, 4.69) is 5.32 Å². The van der Waals surface area contributed by atoms with Crippen LogP contribution in [0.2, 0.25) is 5.02 Å². The standard InChI is InChI=1S/C18H18ClNO3S/c1-11(17(21)20-14-8-4-3-7-13(14)19)23-18(22)16-10-12-6-2-5-9-15(12)24-16/h3-4,7-8,10-11H,2,5-6,9H2,1H3,(H,20,21)/t11-/m0/s1. The maximum atomic E-state index is 12.3. The van der Waals surface area contributed by atoms with Crippen LogP contribution in [0.15, 0.2) is 30.3 Å². The number of aryl methyl sites for hydroxylation is 2. The molecule has 0 spiro atoms. The van der Waals surface area contributed by atoms with E-state index in [0.717, 1.165) is 19.3 Å². The third-order valence-electron chi connectivity index (χ3n) is 3.98. The zero-order chi connectivity index (χ0) is 17.1. The Bertz CT molecular complexity index is 748. The highest BCUT2D eigenvalue weighted by Gasteiger charge is 2.23. The molecule has 6 heteroatoms. The second-order valence-electron chi connectivity index (χ2n) is 5.78. The first-order valence-electron chi connectivity index (χ1n) is 7.92. The van der Waals surface area contributed by atoms with E-state index < -0.39 is 18.0 Å². The van der Waals surface area contributed by atoms with Crippen LogP contribution in [0.1, 0.15) is 39.9 Å². The number of fused-ring (bicyclic) bond motifs is 1. The Kier molecular flexibility index (Phi) is 5.21. The molecule has 4 nitrogen and oxygen atoms in total. The SMILES string of the molecule is C[C@H](OC(=O)c1cc2c(s1)CCCC2)C(=O)Nc1ccccc1Cl. The Morgan fingerprint density at radius 3 is 2.75 bits per heavy atom. The van der Waals surface area contributed by atoms with Crippen LogP contribution in [0, 0.1) is 0 Å². The van der Waals surface area contributed by atoms with E-state index in [1.54, 1.807) is 31.2 Å². The molecule has 1 N–H and O–H groups in total. The first kappa shape index (κ1) is 17.0. The van der Waals surface area contributed by atoms with Crippen LogP contribution < -0.4 is 5.32 Å². The monoisotopic (exact) mass is 363 g/mol. The molecule has 0 unspecified atom stereocenters. The van der Waals surface area contributed by atoms with Crippen molar-refractivity contribution in [2.75, 3.05) is 5.32 Å². The van der Waals surface area contributed by atoms with E-state index in [1.807, 2.05) is 6.07 Å². The van der Waals surface area contributed by atoms with Gasteiger partial charge in [-0.3, -0.25) is 4.79 Å². The molecule has 1 aliphatic rings. The molecule has 24 heavy (non-hydrogen) atoms. The van der Waals surface area contributed by atoms with Crippen molar-refractivity contribution in [3.05, 3.63) is 50.7 Å². The lowest BCUT2D eigenvalue weighted by atomic mass is 9.99. The average Bonchev–Trinajstić information content (AvgIpc) is 3.01. The first-order chi connectivity index (χ1) is 11.5. The molecule has 0 saturated carbocycles. The number of nitrogens with one attached hydrogen (secondary N) is 1. The van der Waals surface area contributed by atoms with Crippen molar-refractivity contribution >= 4 is 40.5 Å². The minimum Gasteiger partial charge on any atom is -0.448 e. The van der Waals surface area contributed by atoms with Gasteiger partial charge in [0, 0.05) is 4.88 Å². The summed E-state index contributed by atoms with van der Waals surface area (Å²) in [4.78, 5) is 26.3. The Morgan fingerprint density at radius 2 is 2.00 bits per heavy atom. The predicted molar refractivity (Wildman–Crippen MR) is 95.9 cm³/mol. The van der Waals surface area contributed by atoms with Crippen molar-refractivity contribution in [1.82, 2.24) is 0 Å². The summed E-state index contributed by atoms with van der Waals surface area (Å²) in [5, 5.41) is 3.11. The van der Waals surface area contributed by atoms with Gasteiger partial charge >= 0.3 is 5.97 Å². The Morgan fingerprint density at radius 1 is 1.25 bits per heavy atom. The molecular weight excluding hydrogens is 346 g/mol. The summed E-state index contributed by atoms with van der Waals surface area (Å²) < 4.78 is 5.30. The normalized spacial score (nSPS) is 14.6. The fourth-order valence-corrected chi connectivity index (χ4v) is 3.98.